The molecule has 0 unspecified atom stereocenters. The molecular formula is C8H14N2O4. The highest BCUT2D eigenvalue weighted by atomic mass is 16.6. The van der Waals surface area contributed by atoms with E-state index in [1.165, 1.54) is 4.90 Å². The molecule has 0 aromatic heterocycles. The summed E-state index contributed by atoms with van der Waals surface area (Å²) in [5.74, 6) is 0. The van der Waals surface area contributed by atoms with Gasteiger partial charge in [-0.15, -0.1) is 0 Å². The molecule has 80 valence electrons. The van der Waals surface area contributed by atoms with E-state index in [2.05, 4.69) is 0 Å². The number of aliphatic hydroxyl groups is 2. The maximum absolute atomic E-state index is 11.2. The third-order valence-electron chi connectivity index (χ3n) is 2.99. The van der Waals surface area contributed by atoms with Gasteiger partial charge in [0.15, 0.2) is 6.10 Å². The number of fused-ring (bicyclic) bond motifs is 1. The van der Waals surface area contributed by atoms with Gasteiger partial charge in [0.1, 0.15) is 12.1 Å². The highest BCUT2D eigenvalue weighted by molar-refractivity contribution is 5.70. The summed E-state index contributed by atoms with van der Waals surface area (Å²) in [5, 5.41) is 19.4. The van der Waals surface area contributed by atoms with Gasteiger partial charge in [0, 0.05) is 13.1 Å². The number of carbonyl (C=O) groups excluding carboxylic acids is 1. The van der Waals surface area contributed by atoms with Crippen molar-refractivity contribution in [3.05, 3.63) is 0 Å². The zero-order chi connectivity index (χ0) is 10.5. The molecule has 0 spiro atoms. The van der Waals surface area contributed by atoms with Gasteiger partial charge in [0.25, 0.3) is 0 Å². The minimum atomic E-state index is -0.891. The fourth-order valence-electron chi connectivity index (χ4n) is 2.16. The van der Waals surface area contributed by atoms with Crippen LogP contribution < -0.4 is 5.73 Å². The van der Waals surface area contributed by atoms with Crippen LogP contribution in [0.3, 0.4) is 0 Å². The number of amides is 1. The molecule has 0 aromatic rings. The number of hydrogen-bond acceptors (Lipinski definition) is 5. The Morgan fingerprint density at radius 1 is 1.57 bits per heavy atom. The molecule has 0 radical (unpaired) electrons. The standard InChI is InChI=1S/C8H14N2O4/c1-10-5-4(11)2-3(9)6(12)7(5)14-8(10)13/h3-7,11-12H,2,9H2,1H3/t3-,4-,5+,6+,7+/m0/s1. The first-order chi connectivity index (χ1) is 6.52. The van der Waals surface area contributed by atoms with Crippen LogP contribution in [0, 0.1) is 0 Å². The molecule has 2 rings (SSSR count). The number of hydrogen-bond donors (Lipinski definition) is 3. The van der Waals surface area contributed by atoms with Crippen LogP contribution in [0.2, 0.25) is 0 Å². The minimum Gasteiger partial charge on any atom is -0.441 e. The Balaban J connectivity index is 2.24. The van der Waals surface area contributed by atoms with Crippen molar-refractivity contribution >= 4 is 6.09 Å². The van der Waals surface area contributed by atoms with Gasteiger partial charge < -0.3 is 25.6 Å². The average Bonchev–Trinajstić information content (AvgIpc) is 2.40. The predicted octanol–water partition coefficient (Wildman–Crippen LogP) is -1.74. The maximum Gasteiger partial charge on any atom is 0.410 e. The van der Waals surface area contributed by atoms with Crippen molar-refractivity contribution in [2.24, 2.45) is 5.73 Å². The molecule has 14 heavy (non-hydrogen) atoms. The number of carbonyl (C=O) groups is 1. The number of ether oxygens (including phenoxy) is 1. The highest BCUT2D eigenvalue weighted by Gasteiger charge is 2.52. The summed E-state index contributed by atoms with van der Waals surface area (Å²) in [4.78, 5) is 12.5. The van der Waals surface area contributed by atoms with Crippen LogP contribution in [-0.2, 0) is 4.74 Å². The molecule has 2 aliphatic rings. The molecule has 1 saturated carbocycles. The Morgan fingerprint density at radius 3 is 2.86 bits per heavy atom. The molecule has 1 amide bonds. The molecular weight excluding hydrogens is 188 g/mol. The zero-order valence-corrected chi connectivity index (χ0v) is 7.83. The van der Waals surface area contributed by atoms with Gasteiger partial charge >= 0.3 is 6.09 Å². The molecule has 6 heteroatoms. The van der Waals surface area contributed by atoms with Crippen LogP contribution in [0.15, 0.2) is 0 Å². The Morgan fingerprint density at radius 2 is 2.21 bits per heavy atom. The molecule has 1 aliphatic heterocycles. The van der Waals surface area contributed by atoms with Crippen molar-refractivity contribution in [1.82, 2.24) is 4.90 Å². The van der Waals surface area contributed by atoms with Gasteiger partial charge in [-0.25, -0.2) is 4.79 Å². The average molecular weight is 202 g/mol. The van der Waals surface area contributed by atoms with Gasteiger partial charge in [0.2, 0.25) is 0 Å². The predicted molar refractivity (Wildman–Crippen MR) is 46.4 cm³/mol. The largest absolute Gasteiger partial charge is 0.441 e. The first kappa shape index (κ1) is 9.70. The highest BCUT2D eigenvalue weighted by Crippen LogP contribution is 2.30. The van der Waals surface area contributed by atoms with Crippen molar-refractivity contribution in [1.29, 1.82) is 0 Å². The zero-order valence-electron chi connectivity index (χ0n) is 7.83. The second kappa shape index (κ2) is 3.08. The summed E-state index contributed by atoms with van der Waals surface area (Å²) >= 11 is 0. The SMILES string of the molecule is CN1C(=O)O[C@H]2[C@H](O)[C@@H](N)C[C@H](O)[C@H]21. The quantitative estimate of drug-likeness (QED) is 0.433. The Hall–Kier alpha value is -0.850. The lowest BCUT2D eigenvalue weighted by molar-refractivity contribution is -0.0650. The van der Waals surface area contributed by atoms with Crippen LogP contribution >= 0.6 is 0 Å². The van der Waals surface area contributed by atoms with Gasteiger partial charge in [-0.05, 0) is 6.42 Å². The summed E-state index contributed by atoms with van der Waals surface area (Å²) in [6, 6.07) is -1.01. The second-order valence-electron chi connectivity index (χ2n) is 3.91. The van der Waals surface area contributed by atoms with E-state index in [-0.39, 0.29) is 6.42 Å². The third kappa shape index (κ3) is 1.18. The minimum absolute atomic E-state index is 0.281. The monoisotopic (exact) mass is 202 g/mol. The van der Waals surface area contributed by atoms with Crippen molar-refractivity contribution in [3.63, 3.8) is 0 Å². The van der Waals surface area contributed by atoms with Crippen LogP contribution in [0.1, 0.15) is 6.42 Å². The first-order valence-electron chi connectivity index (χ1n) is 4.57. The van der Waals surface area contributed by atoms with E-state index in [1.807, 2.05) is 0 Å². The molecule has 0 aromatic carbocycles. The maximum atomic E-state index is 11.2. The summed E-state index contributed by atoms with van der Waals surface area (Å²) in [5.41, 5.74) is 5.60. The Bertz CT molecular complexity index is 260. The molecule has 4 N–H and O–H groups in total. The summed E-state index contributed by atoms with van der Waals surface area (Å²) in [7, 11) is 1.54. The molecule has 2 fully saturated rings. The van der Waals surface area contributed by atoms with Crippen molar-refractivity contribution in [3.8, 4) is 0 Å². The summed E-state index contributed by atoms with van der Waals surface area (Å²) in [6.07, 6.45) is -2.56. The molecule has 1 heterocycles. The summed E-state index contributed by atoms with van der Waals surface area (Å²) < 4.78 is 4.93. The van der Waals surface area contributed by atoms with Gasteiger partial charge in [-0.3, -0.25) is 0 Å². The van der Waals surface area contributed by atoms with E-state index in [4.69, 9.17) is 10.5 Å². The molecule has 5 atom stereocenters. The normalized spacial score (nSPS) is 47.6. The van der Waals surface area contributed by atoms with Crippen molar-refractivity contribution < 1.29 is 19.7 Å². The Kier molecular flexibility index (Phi) is 2.13. The fraction of sp³-hybridized carbons (Fsp3) is 0.875. The van der Waals surface area contributed by atoms with Crippen LogP contribution in [0.25, 0.3) is 0 Å². The van der Waals surface area contributed by atoms with E-state index in [0.29, 0.717) is 0 Å². The lowest BCUT2D eigenvalue weighted by Crippen LogP contribution is -2.59. The van der Waals surface area contributed by atoms with E-state index >= 15 is 0 Å². The van der Waals surface area contributed by atoms with E-state index in [1.54, 1.807) is 7.05 Å². The lowest BCUT2D eigenvalue weighted by Gasteiger charge is -2.37. The van der Waals surface area contributed by atoms with E-state index in [0.717, 1.165) is 0 Å². The lowest BCUT2D eigenvalue weighted by atomic mass is 9.84. The molecule has 0 bridgehead atoms. The number of nitrogens with two attached hydrogens (primary N) is 1. The smallest absolute Gasteiger partial charge is 0.410 e. The first-order valence-corrected chi connectivity index (χ1v) is 4.57. The van der Waals surface area contributed by atoms with Crippen molar-refractivity contribution in [2.45, 2.75) is 36.8 Å². The fourth-order valence-corrected chi connectivity index (χ4v) is 2.16. The molecule has 6 nitrogen and oxygen atoms in total. The van der Waals surface area contributed by atoms with E-state index in [9.17, 15) is 15.0 Å². The summed E-state index contributed by atoms with van der Waals surface area (Å²) in [6.45, 7) is 0. The van der Waals surface area contributed by atoms with Crippen LogP contribution in [-0.4, -0.2) is 58.6 Å². The number of rotatable bonds is 0. The molecule has 1 aliphatic carbocycles. The van der Waals surface area contributed by atoms with Crippen molar-refractivity contribution in [2.75, 3.05) is 7.05 Å². The number of nitrogens with zero attached hydrogens (tertiary/aromatic N) is 1. The van der Waals surface area contributed by atoms with Gasteiger partial charge in [-0.1, -0.05) is 0 Å². The second-order valence-corrected chi connectivity index (χ2v) is 3.91. The van der Waals surface area contributed by atoms with Crippen LogP contribution in [0.5, 0.6) is 0 Å². The van der Waals surface area contributed by atoms with Gasteiger partial charge in [0.05, 0.1) is 6.10 Å². The third-order valence-corrected chi connectivity index (χ3v) is 2.99. The molecule has 1 saturated heterocycles. The Labute approximate surface area is 81.2 Å². The topological polar surface area (TPSA) is 96.0 Å². The van der Waals surface area contributed by atoms with E-state index < -0.39 is 36.5 Å². The van der Waals surface area contributed by atoms with Crippen LogP contribution in [0.4, 0.5) is 4.79 Å². The van der Waals surface area contributed by atoms with Gasteiger partial charge in [-0.2, -0.15) is 0 Å². The number of likely N-dealkylation sites (N-methyl/N-ethyl adjacent to an activating group) is 1. The number of aliphatic hydroxyl groups excluding tert-OH is 2.